The smallest absolute Gasteiger partial charge is 0.320 e. The molecule has 0 aromatic carbocycles. The van der Waals surface area contributed by atoms with E-state index in [2.05, 4.69) is 5.32 Å². The van der Waals surface area contributed by atoms with Gasteiger partial charge in [0.1, 0.15) is 6.04 Å². The van der Waals surface area contributed by atoms with Crippen molar-refractivity contribution in [2.75, 3.05) is 26.3 Å². The highest BCUT2D eigenvalue weighted by Crippen LogP contribution is 2.17. The number of nitrogens with one attached hydrogen (secondary N) is 1. The van der Waals surface area contributed by atoms with E-state index in [4.69, 9.17) is 4.74 Å². The fourth-order valence-electron chi connectivity index (χ4n) is 2.94. The van der Waals surface area contributed by atoms with Gasteiger partial charge < -0.3 is 15.2 Å². The third-order valence-electron chi connectivity index (χ3n) is 4.08. The second-order valence-corrected chi connectivity index (χ2v) is 5.63. The predicted octanol–water partition coefficient (Wildman–Crippen LogP) is 0.611. The molecule has 6 nitrogen and oxygen atoms in total. The number of nitrogens with zero attached hydrogens (tertiary/aromatic N) is 1. The number of carboxylic acids is 1. The summed E-state index contributed by atoms with van der Waals surface area (Å²) in [7, 11) is 0. The van der Waals surface area contributed by atoms with Crippen LogP contribution in [0.5, 0.6) is 0 Å². The molecule has 2 rings (SSSR count). The molecule has 1 amide bonds. The Morgan fingerprint density at radius 1 is 1.15 bits per heavy atom. The molecule has 0 radical (unpaired) electrons. The van der Waals surface area contributed by atoms with Crippen molar-refractivity contribution in [2.24, 2.45) is 0 Å². The number of amides is 1. The van der Waals surface area contributed by atoms with Crippen molar-refractivity contribution >= 4 is 11.9 Å². The summed E-state index contributed by atoms with van der Waals surface area (Å²) in [6.07, 6.45) is 5.26. The third kappa shape index (κ3) is 4.45. The fourth-order valence-corrected chi connectivity index (χ4v) is 2.94. The number of carbonyl (C=O) groups is 2. The predicted molar refractivity (Wildman–Crippen MR) is 73.4 cm³/mol. The highest BCUT2D eigenvalue weighted by Gasteiger charge is 2.29. The van der Waals surface area contributed by atoms with Crippen LogP contribution in [0.4, 0.5) is 0 Å². The molecule has 20 heavy (non-hydrogen) atoms. The van der Waals surface area contributed by atoms with E-state index >= 15 is 0 Å². The van der Waals surface area contributed by atoms with Crippen LogP contribution in [0.25, 0.3) is 0 Å². The van der Waals surface area contributed by atoms with Crippen molar-refractivity contribution in [2.45, 2.75) is 50.6 Å². The molecule has 2 aliphatic heterocycles. The van der Waals surface area contributed by atoms with Gasteiger partial charge in [0.2, 0.25) is 5.91 Å². The lowest BCUT2D eigenvalue weighted by Crippen LogP contribution is -2.49. The Hall–Kier alpha value is -1.14. The molecule has 1 unspecified atom stereocenters. The Bertz CT molecular complexity index is 342. The topological polar surface area (TPSA) is 78.9 Å². The fraction of sp³-hybridized carbons (Fsp3) is 0.857. The number of carbonyl (C=O) groups excluding carboxylic acids is 1. The Morgan fingerprint density at radius 2 is 1.90 bits per heavy atom. The van der Waals surface area contributed by atoms with E-state index in [1.807, 2.05) is 4.90 Å². The second-order valence-electron chi connectivity index (χ2n) is 5.63. The molecular formula is C14H24N2O4. The zero-order valence-corrected chi connectivity index (χ0v) is 11.8. The first-order chi connectivity index (χ1) is 9.66. The van der Waals surface area contributed by atoms with Crippen LogP contribution in [-0.2, 0) is 14.3 Å². The van der Waals surface area contributed by atoms with Crippen LogP contribution in [0.15, 0.2) is 0 Å². The Kier molecular flexibility index (Phi) is 5.79. The van der Waals surface area contributed by atoms with E-state index in [-0.39, 0.29) is 18.5 Å². The summed E-state index contributed by atoms with van der Waals surface area (Å²) in [5.74, 6) is -0.879. The summed E-state index contributed by atoms with van der Waals surface area (Å²) in [5, 5.41) is 12.3. The van der Waals surface area contributed by atoms with Crippen LogP contribution in [0.1, 0.15) is 38.5 Å². The van der Waals surface area contributed by atoms with E-state index < -0.39 is 12.0 Å². The van der Waals surface area contributed by atoms with Gasteiger partial charge in [-0.2, -0.15) is 0 Å². The zero-order valence-electron chi connectivity index (χ0n) is 11.8. The molecule has 0 saturated carbocycles. The lowest BCUT2D eigenvalue weighted by atomic mass is 10.1. The van der Waals surface area contributed by atoms with Gasteiger partial charge in [-0.1, -0.05) is 12.8 Å². The van der Waals surface area contributed by atoms with Crippen molar-refractivity contribution in [1.82, 2.24) is 10.2 Å². The number of aliphatic carboxylic acids is 1. The number of carboxylic acid groups (broad SMARTS) is 1. The van der Waals surface area contributed by atoms with Crippen molar-refractivity contribution in [1.29, 1.82) is 0 Å². The highest BCUT2D eigenvalue weighted by molar-refractivity contribution is 5.80. The summed E-state index contributed by atoms with van der Waals surface area (Å²) in [4.78, 5) is 25.2. The molecular weight excluding hydrogens is 260 g/mol. The van der Waals surface area contributed by atoms with E-state index in [0.29, 0.717) is 26.2 Å². The standard InChI is InChI=1S/C14H24N2O4/c17-13(15-11-5-8-20-9-6-11)10-16-7-3-1-2-4-12(16)14(18)19/h11-12H,1-10H2,(H,15,17)(H,18,19). The molecule has 2 heterocycles. The van der Waals surface area contributed by atoms with Crippen LogP contribution < -0.4 is 5.32 Å². The second kappa shape index (κ2) is 7.59. The summed E-state index contributed by atoms with van der Waals surface area (Å²) in [6, 6.07) is -0.343. The average Bonchev–Trinajstić information content (AvgIpc) is 2.65. The molecule has 0 spiro atoms. The van der Waals surface area contributed by atoms with Gasteiger partial charge in [0, 0.05) is 19.3 Å². The minimum Gasteiger partial charge on any atom is -0.480 e. The van der Waals surface area contributed by atoms with Crippen LogP contribution >= 0.6 is 0 Å². The number of hydrogen-bond acceptors (Lipinski definition) is 4. The van der Waals surface area contributed by atoms with Crippen LogP contribution in [-0.4, -0.2) is 60.3 Å². The maximum Gasteiger partial charge on any atom is 0.320 e. The molecule has 2 saturated heterocycles. The van der Waals surface area contributed by atoms with Gasteiger partial charge >= 0.3 is 5.97 Å². The van der Waals surface area contributed by atoms with Crippen molar-refractivity contribution in [3.63, 3.8) is 0 Å². The average molecular weight is 284 g/mol. The van der Waals surface area contributed by atoms with Crippen molar-refractivity contribution in [3.05, 3.63) is 0 Å². The molecule has 0 aromatic rings. The largest absolute Gasteiger partial charge is 0.480 e. The van der Waals surface area contributed by atoms with Gasteiger partial charge in [-0.05, 0) is 32.2 Å². The summed E-state index contributed by atoms with van der Waals surface area (Å²) in [5.41, 5.74) is 0. The molecule has 0 bridgehead atoms. The first-order valence-electron chi connectivity index (χ1n) is 7.51. The first-order valence-corrected chi connectivity index (χ1v) is 7.51. The van der Waals surface area contributed by atoms with Crippen LogP contribution in [0, 0.1) is 0 Å². The van der Waals surface area contributed by atoms with Crippen LogP contribution in [0.2, 0.25) is 0 Å². The van der Waals surface area contributed by atoms with Gasteiger partial charge in [0.25, 0.3) is 0 Å². The molecule has 6 heteroatoms. The van der Waals surface area contributed by atoms with E-state index in [9.17, 15) is 14.7 Å². The van der Waals surface area contributed by atoms with Gasteiger partial charge in [-0.25, -0.2) is 0 Å². The van der Waals surface area contributed by atoms with Crippen molar-refractivity contribution in [3.8, 4) is 0 Å². The summed E-state index contributed by atoms with van der Waals surface area (Å²) < 4.78 is 5.26. The van der Waals surface area contributed by atoms with E-state index in [0.717, 1.165) is 32.1 Å². The Morgan fingerprint density at radius 3 is 2.60 bits per heavy atom. The molecule has 2 aliphatic rings. The zero-order chi connectivity index (χ0) is 14.4. The lowest BCUT2D eigenvalue weighted by Gasteiger charge is -2.28. The van der Waals surface area contributed by atoms with E-state index in [1.54, 1.807) is 0 Å². The molecule has 2 N–H and O–H groups in total. The minimum atomic E-state index is -0.814. The van der Waals surface area contributed by atoms with Crippen LogP contribution in [0.3, 0.4) is 0 Å². The minimum absolute atomic E-state index is 0.0648. The van der Waals surface area contributed by atoms with E-state index in [1.165, 1.54) is 0 Å². The van der Waals surface area contributed by atoms with Gasteiger partial charge in [0.15, 0.2) is 0 Å². The number of ether oxygens (including phenoxy) is 1. The highest BCUT2D eigenvalue weighted by atomic mass is 16.5. The summed E-state index contributed by atoms with van der Waals surface area (Å²) in [6.45, 7) is 2.26. The molecule has 0 aromatic heterocycles. The molecule has 0 aliphatic carbocycles. The number of rotatable bonds is 4. The summed E-state index contributed by atoms with van der Waals surface area (Å²) >= 11 is 0. The number of likely N-dealkylation sites (tertiary alicyclic amines) is 1. The monoisotopic (exact) mass is 284 g/mol. The van der Waals surface area contributed by atoms with Crippen molar-refractivity contribution < 1.29 is 19.4 Å². The van der Waals surface area contributed by atoms with Gasteiger partial charge in [-0.15, -0.1) is 0 Å². The first kappa shape index (κ1) is 15.3. The quantitative estimate of drug-likeness (QED) is 0.791. The maximum absolute atomic E-state index is 12.1. The SMILES string of the molecule is O=C(CN1CCCCCC1C(=O)O)NC1CCOCC1. The maximum atomic E-state index is 12.1. The van der Waals surface area contributed by atoms with Gasteiger partial charge in [-0.3, -0.25) is 14.5 Å². The Balaban J connectivity index is 1.85. The van der Waals surface area contributed by atoms with Gasteiger partial charge in [0.05, 0.1) is 6.54 Å². The molecule has 1 atom stereocenters. The molecule has 114 valence electrons. The lowest BCUT2D eigenvalue weighted by molar-refractivity contribution is -0.144. The molecule has 2 fully saturated rings. The third-order valence-corrected chi connectivity index (χ3v) is 4.08. The Labute approximate surface area is 119 Å². The number of hydrogen-bond donors (Lipinski definition) is 2. The normalized spacial score (nSPS) is 25.9.